The fourth-order valence-electron chi connectivity index (χ4n) is 4.12. The summed E-state index contributed by atoms with van der Waals surface area (Å²) in [6, 6.07) is 23.5. The van der Waals surface area contributed by atoms with Crippen LogP contribution in [0.2, 0.25) is 5.02 Å². The number of aliphatic hydroxyl groups is 1. The van der Waals surface area contributed by atoms with Gasteiger partial charge in [-0.1, -0.05) is 78.3 Å². The summed E-state index contributed by atoms with van der Waals surface area (Å²) in [7, 11) is 0. The topological polar surface area (TPSA) is 85.3 Å². The molecule has 1 fully saturated rings. The van der Waals surface area contributed by atoms with Gasteiger partial charge in [0.15, 0.2) is 6.10 Å². The van der Waals surface area contributed by atoms with Crippen molar-refractivity contribution in [3.05, 3.63) is 101 Å². The average molecular weight is 510 g/mol. The molecule has 0 aliphatic carbocycles. The molecule has 3 atom stereocenters. The van der Waals surface area contributed by atoms with Crippen LogP contribution in [0.15, 0.2) is 78.9 Å². The van der Waals surface area contributed by atoms with Crippen LogP contribution in [0.1, 0.15) is 29.7 Å². The number of amides is 2. The van der Waals surface area contributed by atoms with Gasteiger partial charge < -0.3 is 19.3 Å². The van der Waals surface area contributed by atoms with Crippen LogP contribution in [0.5, 0.6) is 5.75 Å². The summed E-state index contributed by atoms with van der Waals surface area (Å²) in [4.78, 5) is 27.0. The summed E-state index contributed by atoms with van der Waals surface area (Å²) in [5.74, 6) is -0.154. The number of hydrogen-bond donors (Lipinski definition) is 1. The van der Waals surface area contributed by atoms with Crippen molar-refractivity contribution in [3.63, 3.8) is 0 Å². The second-order valence-corrected chi connectivity index (χ2v) is 8.81. The second kappa shape index (κ2) is 12.0. The number of rotatable bonds is 10. The number of halogens is 1. The Kier molecular flexibility index (Phi) is 8.59. The molecule has 0 spiro atoms. The van der Waals surface area contributed by atoms with Crippen molar-refractivity contribution < 1.29 is 28.9 Å². The number of aliphatic hydroxyl groups excluding tert-OH is 1. The molecule has 36 heavy (non-hydrogen) atoms. The number of nitrogens with zero attached hydrogens (tertiary/aromatic N) is 1. The van der Waals surface area contributed by atoms with Crippen molar-refractivity contribution >= 4 is 23.6 Å². The molecule has 188 valence electrons. The van der Waals surface area contributed by atoms with Crippen LogP contribution < -0.4 is 4.74 Å². The molecule has 3 aromatic rings. The Morgan fingerprint density at radius 2 is 1.75 bits per heavy atom. The molecule has 0 aromatic heterocycles. The molecule has 0 radical (unpaired) electrons. The summed E-state index contributed by atoms with van der Waals surface area (Å²) in [5.41, 5.74) is 2.26. The lowest BCUT2D eigenvalue weighted by molar-refractivity contribution is -0.149. The predicted octanol–water partition coefficient (Wildman–Crippen LogP) is 4.95. The van der Waals surface area contributed by atoms with Gasteiger partial charge in [0.1, 0.15) is 25.1 Å². The zero-order chi connectivity index (χ0) is 25.5. The monoisotopic (exact) mass is 509 g/mol. The van der Waals surface area contributed by atoms with Gasteiger partial charge >= 0.3 is 6.09 Å². The first kappa shape index (κ1) is 25.7. The zero-order valence-electron chi connectivity index (χ0n) is 19.9. The standard InChI is InChI=1S/C28H28ClNO6/c1-2-34-26(27(32)30-21(18-36-28(30)33)15-19-9-5-3-6-10-19)25(31)23-14-13-22(16-24(23)29)35-17-20-11-7-4-8-12-20/h3-14,16,21,25-26,31H,2,15,17-18H2,1H3/t21?,25-,26+/m1/s1. The Morgan fingerprint density at radius 3 is 2.39 bits per heavy atom. The van der Waals surface area contributed by atoms with Crippen LogP contribution in [0, 0.1) is 0 Å². The smallest absolute Gasteiger partial charge is 0.417 e. The molecule has 8 heteroatoms. The van der Waals surface area contributed by atoms with E-state index in [4.69, 9.17) is 25.8 Å². The Labute approximate surface area is 215 Å². The predicted molar refractivity (Wildman–Crippen MR) is 135 cm³/mol. The molecular weight excluding hydrogens is 482 g/mol. The lowest BCUT2D eigenvalue weighted by Crippen LogP contribution is -2.48. The normalized spacial score (nSPS) is 16.9. The number of hydrogen-bond acceptors (Lipinski definition) is 6. The van der Waals surface area contributed by atoms with E-state index in [1.165, 1.54) is 0 Å². The third-order valence-corrected chi connectivity index (χ3v) is 6.26. The molecule has 7 nitrogen and oxygen atoms in total. The number of imide groups is 1. The first-order valence-corrected chi connectivity index (χ1v) is 12.1. The Balaban J connectivity index is 1.49. The molecule has 1 heterocycles. The van der Waals surface area contributed by atoms with Gasteiger partial charge in [-0.3, -0.25) is 4.79 Å². The van der Waals surface area contributed by atoms with Crippen LogP contribution in [-0.4, -0.2) is 47.4 Å². The Morgan fingerprint density at radius 1 is 1.08 bits per heavy atom. The van der Waals surface area contributed by atoms with Gasteiger partial charge in [-0.05, 0) is 36.6 Å². The van der Waals surface area contributed by atoms with Crippen molar-refractivity contribution in [1.82, 2.24) is 4.90 Å². The zero-order valence-corrected chi connectivity index (χ0v) is 20.6. The van der Waals surface area contributed by atoms with Crippen molar-refractivity contribution in [2.24, 2.45) is 0 Å². The highest BCUT2D eigenvalue weighted by molar-refractivity contribution is 6.31. The lowest BCUT2D eigenvalue weighted by Gasteiger charge is -2.28. The van der Waals surface area contributed by atoms with Crippen LogP contribution >= 0.6 is 11.6 Å². The quantitative estimate of drug-likeness (QED) is 0.416. The summed E-state index contributed by atoms with van der Waals surface area (Å²) in [6.07, 6.45) is -3.07. The first-order chi connectivity index (χ1) is 17.5. The van der Waals surface area contributed by atoms with Crippen molar-refractivity contribution in [3.8, 4) is 5.75 Å². The Hall–Kier alpha value is -3.39. The number of cyclic esters (lactones) is 1. The van der Waals surface area contributed by atoms with Gasteiger partial charge in [0.2, 0.25) is 0 Å². The summed E-state index contributed by atoms with van der Waals surface area (Å²) >= 11 is 6.47. The minimum absolute atomic E-state index is 0.0720. The largest absolute Gasteiger partial charge is 0.489 e. The van der Waals surface area contributed by atoms with Gasteiger partial charge in [0.25, 0.3) is 5.91 Å². The fraction of sp³-hybridized carbons (Fsp3) is 0.286. The number of carbonyl (C=O) groups excluding carboxylic acids is 2. The molecule has 0 bridgehead atoms. The molecule has 1 N–H and O–H groups in total. The van der Waals surface area contributed by atoms with Crippen molar-refractivity contribution in [2.75, 3.05) is 13.2 Å². The van der Waals surface area contributed by atoms with Gasteiger partial charge in [-0.15, -0.1) is 0 Å². The molecule has 0 saturated carbocycles. The Bertz CT molecular complexity index is 1170. The minimum Gasteiger partial charge on any atom is -0.489 e. The fourth-order valence-corrected chi connectivity index (χ4v) is 4.40. The maximum absolute atomic E-state index is 13.5. The highest BCUT2D eigenvalue weighted by Crippen LogP contribution is 2.32. The van der Waals surface area contributed by atoms with E-state index in [2.05, 4.69) is 0 Å². The van der Waals surface area contributed by atoms with Crippen LogP contribution in [0.3, 0.4) is 0 Å². The molecule has 2 amide bonds. The van der Waals surface area contributed by atoms with Gasteiger partial charge in [-0.25, -0.2) is 9.69 Å². The summed E-state index contributed by atoms with van der Waals surface area (Å²) in [6.45, 7) is 2.29. The van der Waals surface area contributed by atoms with Crippen molar-refractivity contribution in [1.29, 1.82) is 0 Å². The third kappa shape index (κ3) is 6.05. The van der Waals surface area contributed by atoms with E-state index in [9.17, 15) is 14.7 Å². The molecule has 3 aromatic carbocycles. The maximum atomic E-state index is 13.5. The van der Waals surface area contributed by atoms with Crippen LogP contribution in [0.25, 0.3) is 0 Å². The van der Waals surface area contributed by atoms with Gasteiger partial charge in [-0.2, -0.15) is 0 Å². The van der Waals surface area contributed by atoms with E-state index < -0.39 is 30.3 Å². The van der Waals surface area contributed by atoms with Crippen molar-refractivity contribution in [2.45, 2.75) is 38.2 Å². The highest BCUT2D eigenvalue weighted by Gasteiger charge is 2.44. The molecule has 1 saturated heterocycles. The molecule has 1 aliphatic rings. The molecular formula is C28H28ClNO6. The number of ether oxygens (including phenoxy) is 3. The van der Waals surface area contributed by atoms with E-state index in [1.54, 1.807) is 25.1 Å². The average Bonchev–Trinajstić information content (AvgIpc) is 3.26. The minimum atomic E-state index is -1.40. The molecule has 1 unspecified atom stereocenters. The van der Waals surface area contributed by atoms with Crippen LogP contribution in [-0.2, 0) is 27.3 Å². The van der Waals surface area contributed by atoms with E-state index in [-0.39, 0.29) is 18.2 Å². The molecule has 1 aliphatic heterocycles. The van der Waals surface area contributed by atoms with E-state index in [0.29, 0.717) is 24.3 Å². The third-order valence-electron chi connectivity index (χ3n) is 5.93. The summed E-state index contributed by atoms with van der Waals surface area (Å²) < 4.78 is 16.6. The highest BCUT2D eigenvalue weighted by atomic mass is 35.5. The van der Waals surface area contributed by atoms with Gasteiger partial charge in [0.05, 0.1) is 11.1 Å². The number of carbonyl (C=O) groups is 2. The van der Waals surface area contributed by atoms with Gasteiger partial charge in [0, 0.05) is 12.2 Å². The lowest BCUT2D eigenvalue weighted by atomic mass is 10.0. The maximum Gasteiger partial charge on any atom is 0.417 e. The van der Waals surface area contributed by atoms with E-state index in [0.717, 1.165) is 16.0 Å². The SMILES string of the molecule is CCO[C@H](C(=O)N1C(=O)OCC1Cc1ccccc1)[C@H](O)c1ccc(OCc2ccccc2)cc1Cl. The molecule has 4 rings (SSSR count). The van der Waals surface area contributed by atoms with E-state index in [1.807, 2.05) is 60.7 Å². The van der Waals surface area contributed by atoms with E-state index >= 15 is 0 Å². The summed E-state index contributed by atoms with van der Waals surface area (Å²) in [5, 5.41) is 11.4. The second-order valence-electron chi connectivity index (χ2n) is 8.41. The number of benzene rings is 3. The first-order valence-electron chi connectivity index (χ1n) is 11.8. The van der Waals surface area contributed by atoms with Crippen LogP contribution in [0.4, 0.5) is 4.79 Å².